The smallest absolute Gasteiger partial charge is 0.305 e. The summed E-state index contributed by atoms with van der Waals surface area (Å²) in [5.74, 6) is 0.365. The molecule has 1 aromatic heterocycles. The number of thiazole rings is 1. The maximum atomic E-state index is 12.1. The lowest BCUT2D eigenvalue weighted by atomic mass is 10.0. The third-order valence-electron chi connectivity index (χ3n) is 5.28. The van der Waals surface area contributed by atoms with Crippen molar-refractivity contribution < 1.29 is 18.3 Å². The molecule has 0 aliphatic rings. The fourth-order valence-corrected chi connectivity index (χ4v) is 5.45. The molecule has 0 aliphatic heterocycles. The predicted molar refractivity (Wildman–Crippen MR) is 133 cm³/mol. The summed E-state index contributed by atoms with van der Waals surface area (Å²) in [6, 6.07) is 13.4. The van der Waals surface area contributed by atoms with Gasteiger partial charge < -0.3 is 20.1 Å². The van der Waals surface area contributed by atoms with Gasteiger partial charge in [0.25, 0.3) is 0 Å². The zero-order valence-corrected chi connectivity index (χ0v) is 20.3. The highest BCUT2D eigenvalue weighted by Gasteiger charge is 2.11. The summed E-state index contributed by atoms with van der Waals surface area (Å²) in [5, 5.41) is 13.1. The van der Waals surface area contributed by atoms with E-state index in [1.807, 2.05) is 18.2 Å². The number of hydrogen-bond donors (Lipinski definition) is 4. The number of aromatic hydroxyl groups is 1. The van der Waals surface area contributed by atoms with E-state index in [1.165, 1.54) is 5.56 Å². The number of phenols is 1. The standard InChI is InChI=1S/C23H31N3O5S2/c1-17(18-6-3-2-4-7-18)16-31-14-13-25-33(29,30)15-5-11-24-12-10-19-8-9-20(27)21-22(19)32-23(28)26-21/h2-4,6-9,17,24-25,27H,5,10-16H2,1H3,(H,26,28)/t17-/m0/s1. The highest BCUT2D eigenvalue weighted by molar-refractivity contribution is 7.89. The number of phenolic OH excluding ortho intramolecular Hbond substituents is 1. The zero-order valence-electron chi connectivity index (χ0n) is 18.7. The van der Waals surface area contributed by atoms with Gasteiger partial charge in [-0.05, 0) is 43.1 Å². The van der Waals surface area contributed by atoms with Gasteiger partial charge in [-0.25, -0.2) is 13.1 Å². The molecular weight excluding hydrogens is 462 g/mol. The number of ether oxygens (including phenoxy) is 1. The number of fused-ring (bicyclic) bond motifs is 1. The maximum absolute atomic E-state index is 12.1. The van der Waals surface area contributed by atoms with E-state index < -0.39 is 10.0 Å². The molecule has 1 heterocycles. The summed E-state index contributed by atoms with van der Waals surface area (Å²) in [5.41, 5.74) is 2.64. The molecule has 33 heavy (non-hydrogen) atoms. The molecule has 3 rings (SSSR count). The molecule has 0 saturated heterocycles. The molecule has 0 radical (unpaired) electrons. The minimum Gasteiger partial charge on any atom is -0.506 e. The second-order valence-electron chi connectivity index (χ2n) is 7.92. The molecule has 8 nitrogen and oxygen atoms in total. The zero-order chi connectivity index (χ0) is 23.7. The van der Waals surface area contributed by atoms with Crippen LogP contribution in [-0.2, 0) is 21.2 Å². The van der Waals surface area contributed by atoms with Gasteiger partial charge >= 0.3 is 4.87 Å². The third kappa shape index (κ3) is 7.94. The van der Waals surface area contributed by atoms with E-state index in [9.17, 15) is 18.3 Å². The number of aromatic amines is 1. The molecule has 2 aromatic carbocycles. The van der Waals surface area contributed by atoms with E-state index in [-0.39, 0.29) is 28.8 Å². The quantitative estimate of drug-likeness (QED) is 0.256. The Balaban J connectivity index is 1.27. The first-order valence-corrected chi connectivity index (χ1v) is 13.5. The van der Waals surface area contributed by atoms with Gasteiger partial charge in [0.05, 0.1) is 23.7 Å². The minimum absolute atomic E-state index is 0.0449. The van der Waals surface area contributed by atoms with Crippen molar-refractivity contribution in [1.29, 1.82) is 0 Å². The van der Waals surface area contributed by atoms with Crippen molar-refractivity contribution in [2.45, 2.75) is 25.7 Å². The van der Waals surface area contributed by atoms with Gasteiger partial charge in [-0.2, -0.15) is 0 Å². The second kappa shape index (κ2) is 12.3. The van der Waals surface area contributed by atoms with Crippen LogP contribution in [-0.4, -0.2) is 57.1 Å². The van der Waals surface area contributed by atoms with E-state index in [4.69, 9.17) is 4.74 Å². The van der Waals surface area contributed by atoms with Crippen molar-refractivity contribution in [2.75, 3.05) is 38.6 Å². The van der Waals surface area contributed by atoms with Gasteiger partial charge in [-0.15, -0.1) is 0 Å². The van der Waals surface area contributed by atoms with Crippen LogP contribution in [0.3, 0.4) is 0 Å². The number of aromatic nitrogens is 1. The van der Waals surface area contributed by atoms with Crippen molar-refractivity contribution in [1.82, 2.24) is 15.0 Å². The molecular formula is C23H31N3O5S2. The molecule has 4 N–H and O–H groups in total. The van der Waals surface area contributed by atoms with Crippen LogP contribution in [0.1, 0.15) is 30.4 Å². The molecule has 3 aromatic rings. The molecule has 0 amide bonds. The van der Waals surface area contributed by atoms with E-state index >= 15 is 0 Å². The molecule has 0 fully saturated rings. The van der Waals surface area contributed by atoms with Gasteiger partial charge in [0.15, 0.2) is 0 Å². The first kappa shape index (κ1) is 25.4. The van der Waals surface area contributed by atoms with Gasteiger partial charge in [-0.1, -0.05) is 54.7 Å². The van der Waals surface area contributed by atoms with E-state index in [0.717, 1.165) is 21.6 Å². The lowest BCUT2D eigenvalue weighted by molar-refractivity contribution is 0.128. The number of H-pyrrole nitrogens is 1. The summed E-state index contributed by atoms with van der Waals surface area (Å²) >= 11 is 1.08. The maximum Gasteiger partial charge on any atom is 0.305 e. The normalized spacial score (nSPS) is 12.9. The minimum atomic E-state index is -3.34. The van der Waals surface area contributed by atoms with E-state index in [1.54, 1.807) is 12.1 Å². The Morgan fingerprint density at radius 2 is 1.91 bits per heavy atom. The number of benzene rings is 2. The Labute approximate surface area is 198 Å². The number of rotatable bonds is 14. The lowest BCUT2D eigenvalue weighted by Crippen LogP contribution is -2.31. The van der Waals surface area contributed by atoms with Crippen LogP contribution in [0.2, 0.25) is 0 Å². The van der Waals surface area contributed by atoms with Crippen LogP contribution in [0.4, 0.5) is 0 Å². The molecule has 0 unspecified atom stereocenters. The van der Waals surface area contributed by atoms with Crippen LogP contribution in [0, 0.1) is 0 Å². The number of sulfonamides is 1. The molecule has 0 saturated carbocycles. The highest BCUT2D eigenvalue weighted by Crippen LogP contribution is 2.27. The van der Waals surface area contributed by atoms with E-state index in [0.29, 0.717) is 44.7 Å². The van der Waals surface area contributed by atoms with Gasteiger partial charge in [0.2, 0.25) is 10.0 Å². The Morgan fingerprint density at radius 3 is 2.70 bits per heavy atom. The SMILES string of the molecule is C[C@@H](COCCNS(=O)(=O)CCCNCCc1ccc(O)c2[nH]c(=O)sc12)c1ccccc1. The Kier molecular flexibility index (Phi) is 9.45. The highest BCUT2D eigenvalue weighted by atomic mass is 32.2. The van der Waals surface area contributed by atoms with Crippen molar-refractivity contribution in [2.24, 2.45) is 0 Å². The first-order valence-electron chi connectivity index (χ1n) is 11.0. The van der Waals surface area contributed by atoms with Gasteiger partial charge in [-0.3, -0.25) is 4.79 Å². The van der Waals surface area contributed by atoms with Crippen LogP contribution in [0.5, 0.6) is 5.75 Å². The summed E-state index contributed by atoms with van der Waals surface area (Å²) < 4.78 is 33.2. The molecule has 0 aliphatic carbocycles. The van der Waals surface area contributed by atoms with Gasteiger partial charge in [0, 0.05) is 12.5 Å². The fraction of sp³-hybridized carbons (Fsp3) is 0.435. The Bertz CT molecular complexity index is 1180. The average molecular weight is 494 g/mol. The Morgan fingerprint density at radius 1 is 1.12 bits per heavy atom. The fourth-order valence-electron chi connectivity index (χ4n) is 3.48. The molecule has 10 heteroatoms. The number of nitrogens with one attached hydrogen (secondary N) is 3. The summed E-state index contributed by atoms with van der Waals surface area (Å²) in [4.78, 5) is 14.0. The summed E-state index contributed by atoms with van der Waals surface area (Å²) in [7, 11) is -3.34. The predicted octanol–water partition coefficient (Wildman–Crippen LogP) is 2.56. The lowest BCUT2D eigenvalue weighted by Gasteiger charge is -2.13. The van der Waals surface area contributed by atoms with Crippen LogP contribution in [0.25, 0.3) is 10.2 Å². The topological polar surface area (TPSA) is 121 Å². The van der Waals surface area contributed by atoms with Crippen molar-refractivity contribution >= 4 is 31.6 Å². The van der Waals surface area contributed by atoms with Crippen molar-refractivity contribution in [3.05, 3.63) is 63.3 Å². The van der Waals surface area contributed by atoms with E-state index in [2.05, 4.69) is 34.1 Å². The molecule has 180 valence electrons. The summed E-state index contributed by atoms with van der Waals surface area (Å²) in [6.07, 6.45) is 1.16. The molecule has 1 atom stereocenters. The van der Waals surface area contributed by atoms with Crippen LogP contribution < -0.4 is 14.9 Å². The largest absolute Gasteiger partial charge is 0.506 e. The number of hydrogen-bond acceptors (Lipinski definition) is 7. The van der Waals surface area contributed by atoms with Crippen LogP contribution >= 0.6 is 11.3 Å². The first-order chi connectivity index (χ1) is 15.9. The second-order valence-corrected chi connectivity index (χ2v) is 10.8. The average Bonchev–Trinajstić information content (AvgIpc) is 3.20. The third-order valence-corrected chi connectivity index (χ3v) is 7.71. The molecule has 0 bridgehead atoms. The van der Waals surface area contributed by atoms with Crippen molar-refractivity contribution in [3.8, 4) is 5.75 Å². The van der Waals surface area contributed by atoms with Crippen molar-refractivity contribution in [3.63, 3.8) is 0 Å². The Hall–Kier alpha value is -2.24. The molecule has 0 spiro atoms. The monoisotopic (exact) mass is 493 g/mol. The van der Waals surface area contributed by atoms with Gasteiger partial charge in [0.1, 0.15) is 11.3 Å². The summed E-state index contributed by atoms with van der Waals surface area (Å²) in [6.45, 7) is 4.43. The van der Waals surface area contributed by atoms with Crippen LogP contribution in [0.15, 0.2) is 47.3 Å².